The van der Waals surface area contributed by atoms with Gasteiger partial charge in [0.25, 0.3) is 0 Å². The molecule has 3 heteroatoms. The van der Waals surface area contributed by atoms with Crippen LogP contribution in [0.15, 0.2) is 59.0 Å². The molecule has 100 valence electrons. The molecule has 0 amide bonds. The van der Waals surface area contributed by atoms with Crippen molar-refractivity contribution in [3.63, 3.8) is 0 Å². The van der Waals surface area contributed by atoms with E-state index >= 15 is 0 Å². The molecule has 3 aromatic rings. The quantitative estimate of drug-likeness (QED) is 0.676. The number of carbonyl (C=O) groups excluding carboxylic acids is 1. The number of fused-ring (bicyclic) bond motifs is 1. The maximum atomic E-state index is 12.4. The fraction of sp³-hybridized carbons (Fsp3) is 0.118. The highest BCUT2D eigenvalue weighted by Crippen LogP contribution is 2.22. The van der Waals surface area contributed by atoms with Gasteiger partial charge in [-0.15, -0.1) is 0 Å². The SMILES string of the molecule is CN(C)c1ccc(C(=O)c2cc3ccccc3o2)cc1. The summed E-state index contributed by atoms with van der Waals surface area (Å²) >= 11 is 0. The van der Waals surface area contributed by atoms with Crippen LogP contribution in [0, 0.1) is 0 Å². The number of hydrogen-bond acceptors (Lipinski definition) is 3. The number of hydrogen-bond donors (Lipinski definition) is 0. The molecule has 0 atom stereocenters. The first-order valence-corrected chi connectivity index (χ1v) is 6.46. The van der Waals surface area contributed by atoms with Gasteiger partial charge in [-0.2, -0.15) is 0 Å². The summed E-state index contributed by atoms with van der Waals surface area (Å²) < 4.78 is 5.60. The molecule has 0 N–H and O–H groups in total. The Morgan fingerprint density at radius 2 is 1.70 bits per heavy atom. The van der Waals surface area contributed by atoms with Crippen molar-refractivity contribution in [2.75, 3.05) is 19.0 Å². The number of rotatable bonds is 3. The largest absolute Gasteiger partial charge is 0.453 e. The van der Waals surface area contributed by atoms with Crippen LogP contribution in [-0.4, -0.2) is 19.9 Å². The van der Waals surface area contributed by atoms with Crippen LogP contribution in [0.4, 0.5) is 5.69 Å². The lowest BCUT2D eigenvalue weighted by molar-refractivity contribution is 0.101. The highest BCUT2D eigenvalue weighted by Gasteiger charge is 2.14. The number of furan rings is 1. The van der Waals surface area contributed by atoms with Crippen LogP contribution in [0.3, 0.4) is 0 Å². The maximum absolute atomic E-state index is 12.4. The Hall–Kier alpha value is -2.55. The summed E-state index contributed by atoms with van der Waals surface area (Å²) in [5, 5.41) is 0.945. The summed E-state index contributed by atoms with van der Waals surface area (Å²) in [5.41, 5.74) is 2.43. The molecule has 3 nitrogen and oxygen atoms in total. The Kier molecular flexibility index (Phi) is 3.03. The summed E-state index contributed by atoms with van der Waals surface area (Å²) in [4.78, 5) is 14.4. The molecule has 0 spiro atoms. The molecule has 20 heavy (non-hydrogen) atoms. The average molecular weight is 265 g/mol. The minimum atomic E-state index is -0.0912. The first-order chi connectivity index (χ1) is 9.65. The van der Waals surface area contributed by atoms with Crippen LogP contribution in [0.1, 0.15) is 16.1 Å². The van der Waals surface area contributed by atoms with E-state index in [1.807, 2.05) is 67.5 Å². The highest BCUT2D eigenvalue weighted by molar-refractivity contribution is 6.09. The van der Waals surface area contributed by atoms with E-state index in [2.05, 4.69) is 0 Å². The molecular weight excluding hydrogens is 250 g/mol. The van der Waals surface area contributed by atoms with Crippen molar-refractivity contribution < 1.29 is 9.21 Å². The second-order valence-electron chi connectivity index (χ2n) is 4.92. The number of para-hydroxylation sites is 1. The second kappa shape index (κ2) is 4.85. The number of anilines is 1. The molecule has 0 saturated heterocycles. The Labute approximate surface area is 117 Å². The van der Waals surface area contributed by atoms with E-state index in [0.29, 0.717) is 11.3 Å². The number of benzene rings is 2. The smallest absolute Gasteiger partial charge is 0.228 e. The van der Waals surface area contributed by atoms with Crippen molar-refractivity contribution in [1.82, 2.24) is 0 Å². The first-order valence-electron chi connectivity index (χ1n) is 6.46. The molecule has 2 aromatic carbocycles. The lowest BCUT2D eigenvalue weighted by atomic mass is 10.1. The topological polar surface area (TPSA) is 33.5 Å². The molecule has 0 radical (unpaired) electrons. The zero-order valence-electron chi connectivity index (χ0n) is 11.5. The van der Waals surface area contributed by atoms with E-state index in [0.717, 1.165) is 16.7 Å². The summed E-state index contributed by atoms with van der Waals surface area (Å²) in [7, 11) is 3.94. The summed E-state index contributed by atoms with van der Waals surface area (Å²) in [6.07, 6.45) is 0. The van der Waals surface area contributed by atoms with Gasteiger partial charge in [0.15, 0.2) is 5.76 Å². The fourth-order valence-corrected chi connectivity index (χ4v) is 2.15. The minimum Gasteiger partial charge on any atom is -0.453 e. The predicted octanol–water partition coefficient (Wildman–Crippen LogP) is 3.73. The normalized spacial score (nSPS) is 10.7. The Morgan fingerprint density at radius 1 is 1.00 bits per heavy atom. The molecule has 0 aliphatic rings. The van der Waals surface area contributed by atoms with Crippen molar-refractivity contribution in [3.05, 3.63) is 65.9 Å². The van der Waals surface area contributed by atoms with Crippen molar-refractivity contribution >= 4 is 22.4 Å². The van der Waals surface area contributed by atoms with Crippen molar-refractivity contribution in [2.24, 2.45) is 0 Å². The third-order valence-corrected chi connectivity index (χ3v) is 3.30. The Bertz CT molecular complexity index is 721. The van der Waals surface area contributed by atoms with E-state index in [1.54, 1.807) is 6.07 Å². The molecular formula is C17H15NO2. The van der Waals surface area contributed by atoms with Crippen LogP contribution in [0.25, 0.3) is 11.0 Å². The van der Waals surface area contributed by atoms with Crippen molar-refractivity contribution in [2.45, 2.75) is 0 Å². The second-order valence-corrected chi connectivity index (χ2v) is 4.92. The van der Waals surface area contributed by atoms with Gasteiger partial charge in [0.1, 0.15) is 5.58 Å². The molecule has 3 rings (SSSR count). The van der Waals surface area contributed by atoms with Gasteiger partial charge in [0, 0.05) is 30.7 Å². The van der Waals surface area contributed by atoms with Gasteiger partial charge >= 0.3 is 0 Å². The monoisotopic (exact) mass is 265 g/mol. The number of nitrogens with zero attached hydrogens (tertiary/aromatic N) is 1. The molecule has 1 aromatic heterocycles. The van der Waals surface area contributed by atoms with E-state index in [-0.39, 0.29) is 5.78 Å². The summed E-state index contributed by atoms with van der Waals surface area (Å²) in [6.45, 7) is 0. The highest BCUT2D eigenvalue weighted by atomic mass is 16.3. The lowest BCUT2D eigenvalue weighted by Crippen LogP contribution is -2.08. The zero-order chi connectivity index (χ0) is 14.1. The van der Waals surface area contributed by atoms with Crippen LogP contribution in [0.2, 0.25) is 0 Å². The van der Waals surface area contributed by atoms with Crippen molar-refractivity contribution in [3.8, 4) is 0 Å². The molecule has 0 aliphatic heterocycles. The summed E-state index contributed by atoms with van der Waals surface area (Å²) in [6, 6.07) is 16.9. The Balaban J connectivity index is 1.95. The van der Waals surface area contributed by atoms with Gasteiger partial charge in [0.2, 0.25) is 5.78 Å². The molecule has 0 fully saturated rings. The molecule has 0 saturated carbocycles. The third kappa shape index (κ3) is 2.18. The van der Waals surface area contributed by atoms with E-state index in [9.17, 15) is 4.79 Å². The van der Waals surface area contributed by atoms with E-state index in [1.165, 1.54) is 0 Å². The third-order valence-electron chi connectivity index (χ3n) is 3.30. The van der Waals surface area contributed by atoms with Gasteiger partial charge in [0.05, 0.1) is 0 Å². The first kappa shape index (κ1) is 12.5. The van der Waals surface area contributed by atoms with Gasteiger partial charge in [-0.25, -0.2) is 0 Å². The maximum Gasteiger partial charge on any atom is 0.228 e. The van der Waals surface area contributed by atoms with Crippen LogP contribution < -0.4 is 4.90 Å². The molecule has 0 unspecified atom stereocenters. The zero-order valence-corrected chi connectivity index (χ0v) is 11.5. The Morgan fingerprint density at radius 3 is 2.35 bits per heavy atom. The van der Waals surface area contributed by atoms with Gasteiger partial charge < -0.3 is 9.32 Å². The van der Waals surface area contributed by atoms with Gasteiger partial charge in [-0.05, 0) is 36.4 Å². The van der Waals surface area contributed by atoms with Crippen LogP contribution in [0.5, 0.6) is 0 Å². The predicted molar refractivity (Wildman–Crippen MR) is 80.4 cm³/mol. The number of ketones is 1. The van der Waals surface area contributed by atoms with Crippen LogP contribution in [-0.2, 0) is 0 Å². The minimum absolute atomic E-state index is 0.0912. The van der Waals surface area contributed by atoms with Crippen LogP contribution >= 0.6 is 0 Å². The van der Waals surface area contributed by atoms with E-state index < -0.39 is 0 Å². The molecule has 0 bridgehead atoms. The molecule has 1 heterocycles. The molecule has 0 aliphatic carbocycles. The summed E-state index contributed by atoms with van der Waals surface area (Å²) in [5.74, 6) is 0.287. The number of carbonyl (C=O) groups is 1. The standard InChI is InChI=1S/C17H15NO2/c1-18(2)14-9-7-12(8-10-14)17(19)16-11-13-5-3-4-6-15(13)20-16/h3-11H,1-2H3. The lowest BCUT2D eigenvalue weighted by Gasteiger charge is -2.12. The van der Waals surface area contributed by atoms with Gasteiger partial charge in [-0.3, -0.25) is 4.79 Å². The average Bonchev–Trinajstić information content (AvgIpc) is 2.90. The van der Waals surface area contributed by atoms with E-state index in [4.69, 9.17) is 4.42 Å². The van der Waals surface area contributed by atoms with Crippen molar-refractivity contribution in [1.29, 1.82) is 0 Å². The van der Waals surface area contributed by atoms with Gasteiger partial charge in [-0.1, -0.05) is 18.2 Å². The fourth-order valence-electron chi connectivity index (χ4n) is 2.15.